The smallest absolute Gasteiger partial charge is 0.416 e. The van der Waals surface area contributed by atoms with Crippen molar-refractivity contribution < 1.29 is 14.3 Å². The number of carbonyl (C=O) groups is 1. The molecule has 0 spiro atoms. The van der Waals surface area contributed by atoms with E-state index < -0.39 is 12.1 Å². The molecule has 5 aromatic rings. The van der Waals surface area contributed by atoms with Crippen molar-refractivity contribution in [3.8, 4) is 17.4 Å². The van der Waals surface area contributed by atoms with Crippen LogP contribution in [-0.4, -0.2) is 32.7 Å². The van der Waals surface area contributed by atoms with Crippen molar-refractivity contribution in [2.75, 3.05) is 6.54 Å². The standard InChI is InChI=1S/C30H24Cl2N4O3/c1-2-18-3-8-22(9-4-18)39-30(37)36-16-15-23-24-17-20(31)7-12-25(24)33-28(23)29(36)19-5-10-21(11-6-19)38-27-14-13-26(32)34-35-27/h3-14,17,29,33H,2,15-16H2,1H3. The topological polar surface area (TPSA) is 80.3 Å². The Morgan fingerprint density at radius 3 is 2.46 bits per heavy atom. The third kappa shape index (κ3) is 5.15. The first kappa shape index (κ1) is 25.2. The highest BCUT2D eigenvalue weighted by Crippen LogP contribution is 2.40. The van der Waals surface area contributed by atoms with Gasteiger partial charge in [0.1, 0.15) is 17.5 Å². The van der Waals surface area contributed by atoms with E-state index in [9.17, 15) is 4.79 Å². The minimum absolute atomic E-state index is 0.290. The number of rotatable bonds is 5. The Hall–Kier alpha value is -4.07. The second-order valence-electron chi connectivity index (χ2n) is 9.28. The van der Waals surface area contributed by atoms with Crippen LogP contribution in [0.5, 0.6) is 17.4 Å². The first-order valence-electron chi connectivity index (χ1n) is 12.6. The van der Waals surface area contributed by atoms with E-state index >= 15 is 0 Å². The van der Waals surface area contributed by atoms with Gasteiger partial charge in [0.2, 0.25) is 5.88 Å². The predicted molar refractivity (Wildman–Crippen MR) is 151 cm³/mol. The van der Waals surface area contributed by atoms with Gasteiger partial charge in [0.25, 0.3) is 0 Å². The van der Waals surface area contributed by atoms with Crippen molar-refractivity contribution in [3.63, 3.8) is 0 Å². The van der Waals surface area contributed by atoms with Crippen LogP contribution in [0.25, 0.3) is 10.9 Å². The molecule has 1 N–H and O–H groups in total. The fraction of sp³-hybridized carbons (Fsp3) is 0.167. The number of aromatic amines is 1. The monoisotopic (exact) mass is 558 g/mol. The first-order chi connectivity index (χ1) is 19.0. The van der Waals surface area contributed by atoms with Gasteiger partial charge in [-0.2, -0.15) is 0 Å². The highest BCUT2D eigenvalue weighted by atomic mass is 35.5. The van der Waals surface area contributed by atoms with E-state index in [0.717, 1.165) is 34.1 Å². The number of ether oxygens (including phenoxy) is 2. The van der Waals surface area contributed by atoms with Gasteiger partial charge in [-0.1, -0.05) is 54.4 Å². The number of hydrogen-bond donors (Lipinski definition) is 1. The molecule has 1 atom stereocenters. The molecule has 196 valence electrons. The van der Waals surface area contributed by atoms with Gasteiger partial charge < -0.3 is 14.5 Å². The maximum absolute atomic E-state index is 13.5. The molecule has 1 aliphatic heterocycles. The Morgan fingerprint density at radius 1 is 0.974 bits per heavy atom. The summed E-state index contributed by atoms with van der Waals surface area (Å²) in [7, 11) is 0. The Balaban J connectivity index is 1.34. The second kappa shape index (κ2) is 10.6. The SMILES string of the molecule is CCc1ccc(OC(=O)N2CCc3c([nH]c4ccc(Cl)cc34)C2c2ccc(Oc3ccc(Cl)nn3)cc2)cc1. The van der Waals surface area contributed by atoms with Crippen LogP contribution in [-0.2, 0) is 12.8 Å². The summed E-state index contributed by atoms with van der Waals surface area (Å²) >= 11 is 12.1. The average Bonchev–Trinajstić information content (AvgIpc) is 3.32. The Labute approximate surface area is 235 Å². The maximum Gasteiger partial charge on any atom is 0.416 e. The molecule has 39 heavy (non-hydrogen) atoms. The quantitative estimate of drug-likeness (QED) is 0.238. The number of H-pyrrole nitrogens is 1. The summed E-state index contributed by atoms with van der Waals surface area (Å²) in [5.74, 6) is 1.43. The van der Waals surface area contributed by atoms with Crippen LogP contribution in [0, 0.1) is 0 Å². The Kier molecular flexibility index (Phi) is 6.85. The zero-order valence-corrected chi connectivity index (χ0v) is 22.5. The summed E-state index contributed by atoms with van der Waals surface area (Å²) in [5, 5.41) is 9.78. The minimum Gasteiger partial charge on any atom is -0.438 e. The predicted octanol–water partition coefficient (Wildman–Crippen LogP) is 7.77. The number of carbonyl (C=O) groups excluding carboxylic acids is 1. The molecule has 0 saturated carbocycles. The van der Waals surface area contributed by atoms with Crippen LogP contribution in [0.15, 0.2) is 78.9 Å². The summed E-state index contributed by atoms with van der Waals surface area (Å²) in [6, 6.07) is 23.8. The summed E-state index contributed by atoms with van der Waals surface area (Å²) < 4.78 is 11.6. The molecule has 3 aromatic carbocycles. The molecule has 3 heterocycles. The highest BCUT2D eigenvalue weighted by Gasteiger charge is 2.35. The molecule has 1 aliphatic rings. The molecule has 0 saturated heterocycles. The molecule has 7 nitrogen and oxygen atoms in total. The third-order valence-corrected chi connectivity index (χ3v) is 7.32. The van der Waals surface area contributed by atoms with Gasteiger partial charge in [-0.15, -0.1) is 10.2 Å². The van der Waals surface area contributed by atoms with Crippen molar-refractivity contribution in [2.45, 2.75) is 25.8 Å². The van der Waals surface area contributed by atoms with Crippen molar-refractivity contribution in [3.05, 3.63) is 111 Å². The van der Waals surface area contributed by atoms with Crippen LogP contribution in [0.1, 0.15) is 35.3 Å². The number of nitrogens with one attached hydrogen (secondary N) is 1. The van der Waals surface area contributed by atoms with E-state index in [0.29, 0.717) is 40.5 Å². The minimum atomic E-state index is -0.414. The number of amides is 1. The molecule has 0 fully saturated rings. The van der Waals surface area contributed by atoms with Gasteiger partial charge in [-0.3, -0.25) is 4.90 Å². The normalized spacial score (nSPS) is 14.7. The molecule has 0 radical (unpaired) electrons. The van der Waals surface area contributed by atoms with Gasteiger partial charge in [0, 0.05) is 34.2 Å². The molecule has 0 bridgehead atoms. The summed E-state index contributed by atoms with van der Waals surface area (Å²) in [5.41, 5.74) is 5.14. The van der Waals surface area contributed by atoms with Gasteiger partial charge >= 0.3 is 6.09 Å². The zero-order valence-electron chi connectivity index (χ0n) is 21.0. The van der Waals surface area contributed by atoms with Crippen LogP contribution >= 0.6 is 23.2 Å². The molecule has 1 unspecified atom stereocenters. The van der Waals surface area contributed by atoms with Crippen molar-refractivity contribution in [1.82, 2.24) is 20.1 Å². The van der Waals surface area contributed by atoms with Crippen molar-refractivity contribution in [2.24, 2.45) is 0 Å². The van der Waals surface area contributed by atoms with Crippen molar-refractivity contribution in [1.29, 1.82) is 0 Å². The molecular formula is C30H24Cl2N4O3. The fourth-order valence-electron chi connectivity index (χ4n) is 4.95. The Morgan fingerprint density at radius 2 is 1.74 bits per heavy atom. The lowest BCUT2D eigenvalue weighted by Gasteiger charge is -2.35. The second-order valence-corrected chi connectivity index (χ2v) is 10.1. The largest absolute Gasteiger partial charge is 0.438 e. The van der Waals surface area contributed by atoms with Gasteiger partial charge in [-0.25, -0.2) is 4.79 Å². The molecule has 6 rings (SSSR count). The van der Waals surface area contributed by atoms with E-state index in [1.807, 2.05) is 66.7 Å². The zero-order chi connectivity index (χ0) is 26.9. The summed E-state index contributed by atoms with van der Waals surface area (Å²) in [6.07, 6.45) is 1.18. The number of aryl methyl sites for hydroxylation is 1. The average molecular weight is 559 g/mol. The highest BCUT2D eigenvalue weighted by molar-refractivity contribution is 6.31. The van der Waals surface area contributed by atoms with E-state index in [-0.39, 0.29) is 0 Å². The van der Waals surface area contributed by atoms with Gasteiger partial charge in [-0.05, 0) is 78.1 Å². The van der Waals surface area contributed by atoms with E-state index in [2.05, 4.69) is 22.1 Å². The van der Waals surface area contributed by atoms with E-state index in [1.54, 1.807) is 17.0 Å². The number of fused-ring (bicyclic) bond motifs is 3. The molecule has 9 heteroatoms. The van der Waals surface area contributed by atoms with Crippen LogP contribution < -0.4 is 9.47 Å². The fourth-order valence-corrected chi connectivity index (χ4v) is 5.23. The lowest BCUT2D eigenvalue weighted by molar-refractivity contribution is 0.135. The Bertz CT molecular complexity index is 1630. The summed E-state index contributed by atoms with van der Waals surface area (Å²) in [6.45, 7) is 2.57. The third-order valence-electron chi connectivity index (χ3n) is 6.89. The number of benzene rings is 3. The lowest BCUT2D eigenvalue weighted by atomic mass is 9.92. The lowest BCUT2D eigenvalue weighted by Crippen LogP contribution is -2.42. The van der Waals surface area contributed by atoms with Crippen LogP contribution in [0.3, 0.4) is 0 Å². The number of halogens is 2. The number of aromatic nitrogens is 3. The molecule has 1 amide bonds. The first-order valence-corrected chi connectivity index (χ1v) is 13.4. The van der Waals surface area contributed by atoms with E-state index in [1.165, 1.54) is 5.56 Å². The van der Waals surface area contributed by atoms with Crippen LogP contribution in [0.4, 0.5) is 4.79 Å². The molecular weight excluding hydrogens is 535 g/mol. The van der Waals surface area contributed by atoms with E-state index in [4.69, 9.17) is 32.7 Å². The molecule has 0 aliphatic carbocycles. The maximum atomic E-state index is 13.5. The molecule has 2 aromatic heterocycles. The van der Waals surface area contributed by atoms with Crippen molar-refractivity contribution >= 4 is 40.2 Å². The number of nitrogens with zero attached hydrogens (tertiary/aromatic N) is 3. The summed E-state index contributed by atoms with van der Waals surface area (Å²) in [4.78, 5) is 18.8. The van der Waals surface area contributed by atoms with Gasteiger partial charge in [0.15, 0.2) is 5.15 Å². The van der Waals surface area contributed by atoms with Crippen LogP contribution in [0.2, 0.25) is 10.2 Å². The van der Waals surface area contributed by atoms with Gasteiger partial charge in [0.05, 0.1) is 0 Å². The number of hydrogen-bond acceptors (Lipinski definition) is 5.